The molecule has 24 heavy (non-hydrogen) atoms. The van der Waals surface area contributed by atoms with Crippen LogP contribution in [-0.4, -0.2) is 62.9 Å². The molecule has 0 saturated carbocycles. The fourth-order valence-corrected chi connectivity index (χ4v) is 3.32. The van der Waals surface area contributed by atoms with Gasteiger partial charge in [-0.1, -0.05) is 0 Å². The number of nitrogens with one attached hydrogen (secondary N) is 1. The molecule has 0 unspecified atom stereocenters. The molecule has 0 radical (unpaired) electrons. The third-order valence-corrected chi connectivity index (χ3v) is 4.90. The Bertz CT molecular complexity index is 501. The van der Waals surface area contributed by atoms with Crippen molar-refractivity contribution in [3.05, 3.63) is 16.1 Å². The molecular weight excluding hydrogens is 324 g/mol. The van der Waals surface area contributed by atoms with Gasteiger partial charge in [-0.05, 0) is 32.1 Å². The van der Waals surface area contributed by atoms with Gasteiger partial charge in [0.25, 0.3) is 0 Å². The van der Waals surface area contributed by atoms with Gasteiger partial charge in [0, 0.05) is 52.4 Å². The third kappa shape index (κ3) is 6.75. The average molecular weight is 355 g/mol. The minimum absolute atomic E-state index is 0.673. The van der Waals surface area contributed by atoms with Crippen LogP contribution in [0.2, 0.25) is 0 Å². The molecule has 136 valence electrons. The van der Waals surface area contributed by atoms with E-state index in [0.29, 0.717) is 5.92 Å². The molecular formula is C17H30N4O2S. The molecule has 2 heterocycles. The normalized spacial score (nSPS) is 16.4. The van der Waals surface area contributed by atoms with E-state index in [2.05, 4.69) is 25.6 Å². The van der Waals surface area contributed by atoms with E-state index < -0.39 is 0 Å². The van der Waals surface area contributed by atoms with Crippen LogP contribution in [0.25, 0.3) is 0 Å². The van der Waals surface area contributed by atoms with E-state index in [1.165, 1.54) is 0 Å². The second kappa shape index (κ2) is 10.6. The van der Waals surface area contributed by atoms with Crippen molar-refractivity contribution in [1.82, 2.24) is 15.2 Å². The van der Waals surface area contributed by atoms with Crippen LogP contribution in [-0.2, 0) is 16.0 Å². The number of nitrogens with zero attached hydrogens (tertiary/aromatic N) is 3. The molecule has 2 rings (SSSR count). The second-order valence-corrected chi connectivity index (χ2v) is 7.23. The van der Waals surface area contributed by atoms with Crippen molar-refractivity contribution in [3.63, 3.8) is 0 Å². The topological polar surface area (TPSA) is 59.0 Å². The first-order valence-corrected chi connectivity index (χ1v) is 9.55. The van der Waals surface area contributed by atoms with Gasteiger partial charge in [-0.2, -0.15) is 0 Å². The number of aromatic nitrogens is 1. The molecule has 1 aromatic rings. The number of aliphatic imine (C=N–C) groups is 1. The molecule has 1 fully saturated rings. The number of aryl methyl sites for hydroxylation is 1. The maximum absolute atomic E-state index is 5.79. The van der Waals surface area contributed by atoms with Gasteiger partial charge < -0.3 is 19.7 Å². The van der Waals surface area contributed by atoms with Gasteiger partial charge in [0.1, 0.15) is 0 Å². The Morgan fingerprint density at radius 2 is 2.29 bits per heavy atom. The van der Waals surface area contributed by atoms with Crippen molar-refractivity contribution in [1.29, 1.82) is 0 Å². The Balaban J connectivity index is 1.57. The number of hydrogen-bond acceptors (Lipinski definition) is 5. The van der Waals surface area contributed by atoms with E-state index in [4.69, 9.17) is 9.47 Å². The van der Waals surface area contributed by atoms with Gasteiger partial charge in [0.05, 0.1) is 17.2 Å². The van der Waals surface area contributed by atoms with Gasteiger partial charge in [-0.25, -0.2) is 4.98 Å². The molecule has 1 aromatic heterocycles. The highest BCUT2D eigenvalue weighted by Crippen LogP contribution is 2.14. The number of ether oxygens (including phenoxy) is 2. The van der Waals surface area contributed by atoms with E-state index in [9.17, 15) is 0 Å². The van der Waals surface area contributed by atoms with Crippen LogP contribution in [0.5, 0.6) is 0 Å². The highest BCUT2D eigenvalue weighted by atomic mass is 32.1. The predicted octanol–water partition coefficient (Wildman–Crippen LogP) is 2.29. The summed E-state index contributed by atoms with van der Waals surface area (Å²) in [5.74, 6) is 1.57. The summed E-state index contributed by atoms with van der Waals surface area (Å²) >= 11 is 1.68. The number of rotatable bonds is 8. The predicted molar refractivity (Wildman–Crippen MR) is 98.7 cm³/mol. The second-order valence-electron chi connectivity index (χ2n) is 6.17. The highest BCUT2D eigenvalue weighted by molar-refractivity contribution is 7.09. The lowest BCUT2D eigenvalue weighted by atomic mass is 10.0. The summed E-state index contributed by atoms with van der Waals surface area (Å²) < 4.78 is 11.2. The van der Waals surface area contributed by atoms with Crippen LogP contribution in [0.15, 0.2) is 10.4 Å². The Morgan fingerprint density at radius 3 is 2.96 bits per heavy atom. The standard InChI is InChI=1S/C17H30N4O2S/c1-14-20-16(13-24-14)11-21(3)17(18-2)19-7-4-8-23-12-15-5-9-22-10-6-15/h13,15H,4-12H2,1-3H3,(H,18,19). The molecule has 0 spiro atoms. The molecule has 1 saturated heterocycles. The lowest BCUT2D eigenvalue weighted by Crippen LogP contribution is -2.39. The SMILES string of the molecule is CN=C(NCCCOCC1CCOCC1)N(C)Cc1csc(C)n1. The smallest absolute Gasteiger partial charge is 0.193 e. The number of hydrogen-bond donors (Lipinski definition) is 1. The van der Waals surface area contributed by atoms with Crippen molar-refractivity contribution in [2.24, 2.45) is 10.9 Å². The van der Waals surface area contributed by atoms with Gasteiger partial charge >= 0.3 is 0 Å². The lowest BCUT2D eigenvalue weighted by molar-refractivity contribution is 0.0203. The molecule has 1 aliphatic heterocycles. The molecule has 1 aliphatic rings. The monoisotopic (exact) mass is 354 g/mol. The molecule has 7 heteroatoms. The van der Waals surface area contributed by atoms with Crippen molar-refractivity contribution in [3.8, 4) is 0 Å². The molecule has 0 aliphatic carbocycles. The fraction of sp³-hybridized carbons (Fsp3) is 0.765. The Labute approximate surface area is 149 Å². The van der Waals surface area contributed by atoms with E-state index in [1.54, 1.807) is 11.3 Å². The van der Waals surface area contributed by atoms with Crippen molar-refractivity contribution >= 4 is 17.3 Å². The quantitative estimate of drug-likeness (QED) is 0.441. The van der Waals surface area contributed by atoms with Gasteiger partial charge in [-0.15, -0.1) is 11.3 Å². The van der Waals surface area contributed by atoms with Crippen LogP contribution in [0.4, 0.5) is 0 Å². The minimum atomic E-state index is 0.673. The maximum Gasteiger partial charge on any atom is 0.193 e. The summed E-state index contributed by atoms with van der Waals surface area (Å²) in [4.78, 5) is 10.9. The Hall–Kier alpha value is -1.18. The summed E-state index contributed by atoms with van der Waals surface area (Å²) in [5, 5.41) is 6.59. The average Bonchev–Trinajstić information content (AvgIpc) is 3.00. The zero-order valence-corrected chi connectivity index (χ0v) is 15.9. The van der Waals surface area contributed by atoms with E-state index in [1.807, 2.05) is 21.0 Å². The summed E-state index contributed by atoms with van der Waals surface area (Å²) in [6, 6.07) is 0. The first-order valence-electron chi connectivity index (χ1n) is 8.67. The molecule has 6 nitrogen and oxygen atoms in total. The number of thiazole rings is 1. The zero-order chi connectivity index (χ0) is 17.2. The van der Waals surface area contributed by atoms with Crippen molar-refractivity contribution in [2.45, 2.75) is 32.7 Å². The Morgan fingerprint density at radius 1 is 1.50 bits per heavy atom. The largest absolute Gasteiger partial charge is 0.381 e. The van der Waals surface area contributed by atoms with Gasteiger partial charge in [0.15, 0.2) is 5.96 Å². The molecule has 0 aromatic carbocycles. The summed E-state index contributed by atoms with van der Waals surface area (Å²) in [6.07, 6.45) is 3.24. The van der Waals surface area contributed by atoms with E-state index in [0.717, 1.165) is 75.4 Å². The zero-order valence-electron chi connectivity index (χ0n) is 15.1. The molecule has 0 atom stereocenters. The highest BCUT2D eigenvalue weighted by Gasteiger charge is 2.13. The first kappa shape index (κ1) is 19.1. The first-order chi connectivity index (χ1) is 11.7. The summed E-state index contributed by atoms with van der Waals surface area (Å²) in [5.41, 5.74) is 1.09. The summed E-state index contributed by atoms with van der Waals surface area (Å²) in [6.45, 7) is 7.08. The molecule has 1 N–H and O–H groups in total. The minimum Gasteiger partial charge on any atom is -0.381 e. The maximum atomic E-state index is 5.79. The van der Waals surface area contributed by atoms with Crippen LogP contribution >= 0.6 is 11.3 Å². The van der Waals surface area contributed by atoms with Gasteiger partial charge in [0.2, 0.25) is 0 Å². The number of guanidine groups is 1. The molecule has 0 bridgehead atoms. The van der Waals surface area contributed by atoms with E-state index >= 15 is 0 Å². The van der Waals surface area contributed by atoms with Crippen LogP contribution < -0.4 is 5.32 Å². The van der Waals surface area contributed by atoms with Crippen LogP contribution in [0.1, 0.15) is 30.0 Å². The van der Waals surface area contributed by atoms with Gasteiger partial charge in [-0.3, -0.25) is 4.99 Å². The van der Waals surface area contributed by atoms with E-state index in [-0.39, 0.29) is 0 Å². The van der Waals surface area contributed by atoms with Crippen molar-refractivity contribution in [2.75, 3.05) is 47.1 Å². The fourth-order valence-electron chi connectivity index (χ4n) is 2.72. The lowest BCUT2D eigenvalue weighted by Gasteiger charge is -2.22. The third-order valence-electron chi connectivity index (χ3n) is 4.08. The Kier molecular flexibility index (Phi) is 8.49. The van der Waals surface area contributed by atoms with Crippen molar-refractivity contribution < 1.29 is 9.47 Å². The van der Waals surface area contributed by atoms with Crippen LogP contribution in [0.3, 0.4) is 0 Å². The molecule has 0 amide bonds. The van der Waals surface area contributed by atoms with Crippen LogP contribution in [0, 0.1) is 12.8 Å². The summed E-state index contributed by atoms with van der Waals surface area (Å²) in [7, 11) is 3.85.